The van der Waals surface area contributed by atoms with E-state index in [0.717, 1.165) is 25.7 Å². The number of hydrogen-bond donors (Lipinski definition) is 1. The fourth-order valence-corrected chi connectivity index (χ4v) is 2.87. The minimum absolute atomic E-state index is 0.0201. The fraction of sp³-hybridized carbons (Fsp3) is 0.909. The van der Waals surface area contributed by atoms with Crippen molar-refractivity contribution in [2.45, 2.75) is 57.2 Å². The number of carbonyl (C=O) groups excluding carboxylic acids is 1. The van der Waals surface area contributed by atoms with Crippen LogP contribution in [0.5, 0.6) is 0 Å². The lowest BCUT2D eigenvalue weighted by molar-refractivity contribution is -0.121. The number of hydrogen-bond acceptors (Lipinski definition) is 3. The van der Waals surface area contributed by atoms with E-state index in [1.54, 1.807) is 6.92 Å². The Morgan fingerprint density at radius 3 is 2.38 bits per heavy atom. The average Bonchev–Trinajstić information content (AvgIpc) is 2.29. The predicted octanol–water partition coefficient (Wildman–Crippen LogP) is 1.26. The van der Waals surface area contributed by atoms with Gasteiger partial charge in [0.2, 0.25) is 5.91 Å². The quantitative estimate of drug-likeness (QED) is 0.813. The van der Waals surface area contributed by atoms with Crippen LogP contribution in [0.15, 0.2) is 0 Å². The van der Waals surface area contributed by atoms with Crippen LogP contribution in [0.25, 0.3) is 0 Å². The number of nitrogens with one attached hydrogen (secondary N) is 1. The minimum Gasteiger partial charge on any atom is -0.352 e. The highest BCUT2D eigenvalue weighted by atomic mass is 32.2. The Hall–Kier alpha value is -0.580. The van der Waals surface area contributed by atoms with Crippen LogP contribution >= 0.6 is 0 Å². The first-order chi connectivity index (χ1) is 7.47. The van der Waals surface area contributed by atoms with Crippen molar-refractivity contribution < 1.29 is 13.2 Å². The van der Waals surface area contributed by atoms with E-state index in [1.807, 2.05) is 0 Å². The summed E-state index contributed by atoms with van der Waals surface area (Å²) in [6.07, 6.45) is 5.42. The molecule has 0 aliphatic heterocycles. The summed E-state index contributed by atoms with van der Waals surface area (Å²) in [5.41, 5.74) is 0. The summed E-state index contributed by atoms with van der Waals surface area (Å²) in [5.74, 6) is -0.319. The van der Waals surface area contributed by atoms with Gasteiger partial charge in [-0.25, -0.2) is 8.42 Å². The Morgan fingerprint density at radius 2 is 1.88 bits per heavy atom. The van der Waals surface area contributed by atoms with Crippen LogP contribution < -0.4 is 5.32 Å². The Kier molecular flexibility index (Phi) is 4.77. The first kappa shape index (κ1) is 13.5. The number of rotatable bonds is 4. The summed E-state index contributed by atoms with van der Waals surface area (Å²) in [6, 6.07) is 0.177. The van der Waals surface area contributed by atoms with Crippen LogP contribution in [0, 0.1) is 0 Å². The first-order valence-corrected chi connectivity index (χ1v) is 7.71. The lowest BCUT2D eigenvalue weighted by Gasteiger charge is -2.24. The summed E-state index contributed by atoms with van der Waals surface area (Å²) < 4.78 is 23.0. The summed E-state index contributed by atoms with van der Waals surface area (Å²) in [7, 11) is -3.26. The summed E-state index contributed by atoms with van der Waals surface area (Å²) in [4.78, 5) is 11.7. The van der Waals surface area contributed by atoms with E-state index in [1.165, 1.54) is 13.3 Å². The third kappa shape index (κ3) is 3.47. The molecule has 1 aliphatic rings. The first-order valence-electron chi connectivity index (χ1n) is 5.99. The van der Waals surface area contributed by atoms with E-state index in [2.05, 4.69) is 5.32 Å². The van der Waals surface area contributed by atoms with Gasteiger partial charge in [-0.3, -0.25) is 4.79 Å². The molecule has 0 heterocycles. The highest BCUT2D eigenvalue weighted by molar-refractivity contribution is 7.92. The third-order valence-corrected chi connectivity index (χ3v) is 5.36. The maximum atomic E-state index is 11.7. The molecular formula is C11H21NO3S. The lowest BCUT2D eigenvalue weighted by atomic mass is 9.95. The molecule has 0 radical (unpaired) electrons. The standard InChI is InChI=1S/C11H21NO3S/c1-3-16(14,15)9(2)11(13)12-10-7-5-4-6-8-10/h9-10H,3-8H2,1-2H3,(H,12,13). The number of sulfone groups is 1. The van der Waals surface area contributed by atoms with Gasteiger partial charge in [-0.1, -0.05) is 26.2 Å². The van der Waals surface area contributed by atoms with Crippen molar-refractivity contribution in [3.63, 3.8) is 0 Å². The summed E-state index contributed by atoms with van der Waals surface area (Å²) >= 11 is 0. The van der Waals surface area contributed by atoms with Crippen molar-refractivity contribution in [2.75, 3.05) is 5.75 Å². The van der Waals surface area contributed by atoms with Crippen molar-refractivity contribution >= 4 is 15.7 Å². The highest BCUT2D eigenvalue weighted by Gasteiger charge is 2.28. The average molecular weight is 247 g/mol. The largest absolute Gasteiger partial charge is 0.352 e. The third-order valence-electron chi connectivity index (χ3n) is 3.26. The van der Waals surface area contributed by atoms with Crippen LogP contribution in [-0.2, 0) is 14.6 Å². The molecule has 1 amide bonds. The molecule has 1 rings (SSSR count). The Balaban J connectivity index is 2.51. The molecule has 1 aliphatic carbocycles. The molecule has 1 fully saturated rings. The number of amides is 1. The molecule has 0 aromatic heterocycles. The van der Waals surface area contributed by atoms with Gasteiger partial charge in [0.05, 0.1) is 0 Å². The van der Waals surface area contributed by atoms with E-state index in [-0.39, 0.29) is 17.7 Å². The van der Waals surface area contributed by atoms with Gasteiger partial charge >= 0.3 is 0 Å². The van der Waals surface area contributed by atoms with Gasteiger partial charge in [0.1, 0.15) is 5.25 Å². The molecule has 1 unspecified atom stereocenters. The van der Waals surface area contributed by atoms with Crippen LogP contribution in [0.1, 0.15) is 46.0 Å². The van der Waals surface area contributed by atoms with Crippen LogP contribution in [0.2, 0.25) is 0 Å². The van der Waals surface area contributed by atoms with Crippen molar-refractivity contribution in [1.82, 2.24) is 5.32 Å². The van der Waals surface area contributed by atoms with Crippen LogP contribution in [0.3, 0.4) is 0 Å². The molecule has 94 valence electrons. The molecule has 0 saturated heterocycles. The second-order valence-electron chi connectivity index (χ2n) is 4.44. The number of carbonyl (C=O) groups is 1. The molecule has 4 nitrogen and oxygen atoms in total. The van der Waals surface area contributed by atoms with Gasteiger partial charge in [0, 0.05) is 11.8 Å². The molecule has 0 aromatic carbocycles. The normalized spacial score (nSPS) is 20.4. The van der Waals surface area contributed by atoms with Crippen LogP contribution in [-0.4, -0.2) is 31.4 Å². The fourth-order valence-electron chi connectivity index (χ4n) is 1.98. The summed E-state index contributed by atoms with van der Waals surface area (Å²) in [6.45, 7) is 3.04. The van der Waals surface area contributed by atoms with E-state index >= 15 is 0 Å². The Bertz CT molecular complexity index is 331. The molecule has 1 atom stereocenters. The minimum atomic E-state index is -3.26. The maximum Gasteiger partial charge on any atom is 0.238 e. The second kappa shape index (κ2) is 5.66. The van der Waals surface area contributed by atoms with Crippen molar-refractivity contribution in [3.05, 3.63) is 0 Å². The Morgan fingerprint density at radius 1 is 1.31 bits per heavy atom. The lowest BCUT2D eigenvalue weighted by Crippen LogP contribution is -2.44. The molecule has 5 heteroatoms. The molecule has 1 N–H and O–H groups in total. The van der Waals surface area contributed by atoms with Gasteiger partial charge in [-0.15, -0.1) is 0 Å². The SMILES string of the molecule is CCS(=O)(=O)C(C)C(=O)NC1CCCCC1. The van der Waals surface area contributed by atoms with Gasteiger partial charge in [0.15, 0.2) is 9.84 Å². The zero-order chi connectivity index (χ0) is 12.2. The molecular weight excluding hydrogens is 226 g/mol. The molecule has 0 aromatic rings. The maximum absolute atomic E-state index is 11.7. The summed E-state index contributed by atoms with van der Waals surface area (Å²) in [5, 5.41) is 1.92. The van der Waals surface area contributed by atoms with Crippen LogP contribution in [0.4, 0.5) is 0 Å². The van der Waals surface area contributed by atoms with Crippen molar-refractivity contribution in [3.8, 4) is 0 Å². The molecule has 1 saturated carbocycles. The van der Waals surface area contributed by atoms with E-state index in [4.69, 9.17) is 0 Å². The van der Waals surface area contributed by atoms with E-state index in [9.17, 15) is 13.2 Å². The van der Waals surface area contributed by atoms with Gasteiger partial charge < -0.3 is 5.32 Å². The van der Waals surface area contributed by atoms with Gasteiger partial charge in [-0.2, -0.15) is 0 Å². The Labute approximate surface area is 97.7 Å². The molecule has 0 bridgehead atoms. The van der Waals surface area contributed by atoms with Gasteiger partial charge in [-0.05, 0) is 19.8 Å². The zero-order valence-corrected chi connectivity index (χ0v) is 10.8. The monoisotopic (exact) mass is 247 g/mol. The predicted molar refractivity (Wildman–Crippen MR) is 63.9 cm³/mol. The van der Waals surface area contributed by atoms with E-state index < -0.39 is 15.1 Å². The molecule has 16 heavy (non-hydrogen) atoms. The van der Waals surface area contributed by atoms with E-state index in [0.29, 0.717) is 0 Å². The second-order valence-corrected chi connectivity index (χ2v) is 7.05. The van der Waals surface area contributed by atoms with Crippen molar-refractivity contribution in [1.29, 1.82) is 0 Å². The van der Waals surface area contributed by atoms with Crippen molar-refractivity contribution in [2.24, 2.45) is 0 Å². The topological polar surface area (TPSA) is 63.2 Å². The molecule has 0 spiro atoms. The highest BCUT2D eigenvalue weighted by Crippen LogP contribution is 2.17. The smallest absolute Gasteiger partial charge is 0.238 e. The zero-order valence-electron chi connectivity index (χ0n) is 10.0. The van der Waals surface area contributed by atoms with Gasteiger partial charge in [0.25, 0.3) is 0 Å².